The number of hydrogen-bond acceptors (Lipinski definition) is 3. The molecule has 3 heteroatoms. The third kappa shape index (κ3) is 2.04. The molecule has 0 aliphatic carbocycles. The Kier molecular flexibility index (Phi) is 3.15. The van der Waals surface area contributed by atoms with Crippen LogP contribution in [-0.4, -0.2) is 6.54 Å². The standard InChI is InChI=1S/C13H17NO2/c1-4-14-12(11-6-5-10(3)16-11)13-9(2)7-8-15-13/h5-8,12,14H,4H2,1-3H3. The summed E-state index contributed by atoms with van der Waals surface area (Å²) in [6, 6.07) is 5.94. The quantitative estimate of drug-likeness (QED) is 0.858. The van der Waals surface area contributed by atoms with Crippen molar-refractivity contribution in [3.63, 3.8) is 0 Å². The van der Waals surface area contributed by atoms with Crippen LogP contribution in [0, 0.1) is 13.8 Å². The van der Waals surface area contributed by atoms with E-state index in [1.807, 2.05) is 32.0 Å². The molecular weight excluding hydrogens is 202 g/mol. The number of aryl methyl sites for hydroxylation is 2. The van der Waals surface area contributed by atoms with Crippen molar-refractivity contribution in [3.05, 3.63) is 47.3 Å². The van der Waals surface area contributed by atoms with Crippen molar-refractivity contribution >= 4 is 0 Å². The second-order valence-electron chi connectivity index (χ2n) is 3.91. The molecule has 0 radical (unpaired) electrons. The Labute approximate surface area is 95.5 Å². The average Bonchev–Trinajstić information content (AvgIpc) is 2.84. The molecule has 2 aromatic rings. The molecule has 1 atom stereocenters. The summed E-state index contributed by atoms with van der Waals surface area (Å²) in [5.41, 5.74) is 1.14. The van der Waals surface area contributed by atoms with Gasteiger partial charge < -0.3 is 14.2 Å². The minimum Gasteiger partial charge on any atom is -0.467 e. The summed E-state index contributed by atoms with van der Waals surface area (Å²) in [4.78, 5) is 0. The van der Waals surface area contributed by atoms with Crippen LogP contribution in [0.1, 0.15) is 35.8 Å². The fraction of sp³-hybridized carbons (Fsp3) is 0.385. The van der Waals surface area contributed by atoms with Gasteiger partial charge in [-0.15, -0.1) is 0 Å². The smallest absolute Gasteiger partial charge is 0.131 e. The van der Waals surface area contributed by atoms with E-state index in [1.54, 1.807) is 6.26 Å². The number of nitrogens with one attached hydrogen (secondary N) is 1. The minimum atomic E-state index is 0.00806. The molecule has 0 spiro atoms. The Morgan fingerprint density at radius 3 is 2.56 bits per heavy atom. The van der Waals surface area contributed by atoms with Crippen LogP contribution < -0.4 is 5.32 Å². The van der Waals surface area contributed by atoms with Gasteiger partial charge in [0.2, 0.25) is 0 Å². The molecule has 1 N–H and O–H groups in total. The molecular formula is C13H17NO2. The van der Waals surface area contributed by atoms with E-state index in [0.29, 0.717) is 0 Å². The van der Waals surface area contributed by atoms with Crippen molar-refractivity contribution in [2.24, 2.45) is 0 Å². The highest BCUT2D eigenvalue weighted by Crippen LogP contribution is 2.26. The Morgan fingerprint density at radius 1 is 1.25 bits per heavy atom. The van der Waals surface area contributed by atoms with Crippen molar-refractivity contribution in [3.8, 4) is 0 Å². The lowest BCUT2D eigenvalue weighted by molar-refractivity contribution is 0.383. The van der Waals surface area contributed by atoms with Gasteiger partial charge >= 0.3 is 0 Å². The summed E-state index contributed by atoms with van der Waals surface area (Å²) in [6.45, 7) is 6.92. The fourth-order valence-electron chi connectivity index (χ4n) is 1.82. The monoisotopic (exact) mass is 219 g/mol. The average molecular weight is 219 g/mol. The third-order valence-electron chi connectivity index (χ3n) is 2.62. The Morgan fingerprint density at radius 2 is 2.06 bits per heavy atom. The van der Waals surface area contributed by atoms with Gasteiger partial charge in [-0.3, -0.25) is 0 Å². The highest BCUT2D eigenvalue weighted by atomic mass is 16.4. The van der Waals surface area contributed by atoms with E-state index in [4.69, 9.17) is 8.83 Å². The van der Waals surface area contributed by atoms with E-state index in [9.17, 15) is 0 Å². The van der Waals surface area contributed by atoms with Crippen molar-refractivity contribution in [2.75, 3.05) is 6.54 Å². The van der Waals surface area contributed by atoms with Crippen LogP contribution >= 0.6 is 0 Å². The molecule has 16 heavy (non-hydrogen) atoms. The van der Waals surface area contributed by atoms with Gasteiger partial charge in [-0.25, -0.2) is 0 Å². The lowest BCUT2D eigenvalue weighted by Gasteiger charge is -2.13. The van der Waals surface area contributed by atoms with Crippen molar-refractivity contribution in [1.29, 1.82) is 0 Å². The van der Waals surface area contributed by atoms with Crippen LogP contribution in [0.5, 0.6) is 0 Å². The molecule has 3 nitrogen and oxygen atoms in total. The van der Waals surface area contributed by atoms with Gasteiger partial charge in [0.05, 0.1) is 6.26 Å². The van der Waals surface area contributed by atoms with E-state index >= 15 is 0 Å². The molecule has 0 amide bonds. The van der Waals surface area contributed by atoms with Gasteiger partial charge in [-0.05, 0) is 44.2 Å². The second-order valence-corrected chi connectivity index (χ2v) is 3.91. The zero-order chi connectivity index (χ0) is 11.5. The molecule has 0 saturated carbocycles. The maximum atomic E-state index is 5.65. The van der Waals surface area contributed by atoms with Crippen molar-refractivity contribution in [1.82, 2.24) is 5.32 Å². The Bertz CT molecular complexity index is 456. The number of furan rings is 2. The van der Waals surface area contributed by atoms with Gasteiger partial charge in [0.15, 0.2) is 0 Å². The maximum Gasteiger partial charge on any atom is 0.131 e. The molecule has 0 aliphatic heterocycles. The first-order valence-corrected chi connectivity index (χ1v) is 5.56. The molecule has 2 aromatic heterocycles. The van der Waals surface area contributed by atoms with Crippen LogP contribution in [0.15, 0.2) is 33.3 Å². The third-order valence-corrected chi connectivity index (χ3v) is 2.62. The van der Waals surface area contributed by atoms with Gasteiger partial charge in [-0.2, -0.15) is 0 Å². The zero-order valence-electron chi connectivity index (χ0n) is 9.91. The lowest BCUT2D eigenvalue weighted by atomic mass is 10.1. The molecule has 0 bridgehead atoms. The molecule has 0 saturated heterocycles. The van der Waals surface area contributed by atoms with Gasteiger partial charge in [0.25, 0.3) is 0 Å². The molecule has 86 valence electrons. The summed E-state index contributed by atoms with van der Waals surface area (Å²) in [6.07, 6.45) is 1.71. The summed E-state index contributed by atoms with van der Waals surface area (Å²) < 4.78 is 11.2. The first kappa shape index (κ1) is 11.0. The largest absolute Gasteiger partial charge is 0.467 e. The predicted molar refractivity (Wildman–Crippen MR) is 62.4 cm³/mol. The van der Waals surface area contributed by atoms with Crippen LogP contribution in [0.3, 0.4) is 0 Å². The molecule has 0 aliphatic rings. The first-order valence-electron chi connectivity index (χ1n) is 5.56. The summed E-state index contributed by atoms with van der Waals surface area (Å²) >= 11 is 0. The predicted octanol–water partition coefficient (Wildman–Crippen LogP) is 3.19. The molecule has 2 rings (SSSR count). The van der Waals surface area contributed by atoms with Crippen molar-refractivity contribution < 1.29 is 8.83 Å². The van der Waals surface area contributed by atoms with E-state index in [-0.39, 0.29) is 6.04 Å². The zero-order valence-corrected chi connectivity index (χ0v) is 9.91. The molecule has 1 unspecified atom stereocenters. The van der Waals surface area contributed by atoms with Gasteiger partial charge in [-0.1, -0.05) is 6.92 Å². The topological polar surface area (TPSA) is 38.3 Å². The number of hydrogen-bond donors (Lipinski definition) is 1. The SMILES string of the molecule is CCNC(c1ccc(C)o1)c1occc1C. The lowest BCUT2D eigenvalue weighted by Crippen LogP contribution is -2.21. The van der Waals surface area contributed by atoms with Crippen molar-refractivity contribution in [2.45, 2.75) is 26.8 Å². The molecule has 0 aromatic carbocycles. The first-order chi connectivity index (χ1) is 7.72. The Hall–Kier alpha value is -1.48. The van der Waals surface area contributed by atoms with E-state index < -0.39 is 0 Å². The van der Waals surface area contributed by atoms with Gasteiger partial charge in [0, 0.05) is 0 Å². The van der Waals surface area contributed by atoms with E-state index in [2.05, 4.69) is 12.2 Å². The Balaban J connectivity index is 2.34. The highest BCUT2D eigenvalue weighted by Gasteiger charge is 2.21. The minimum absolute atomic E-state index is 0.00806. The van der Waals surface area contributed by atoms with E-state index in [1.165, 1.54) is 0 Å². The van der Waals surface area contributed by atoms with Crippen LogP contribution in [-0.2, 0) is 0 Å². The van der Waals surface area contributed by atoms with Crippen LogP contribution in [0.4, 0.5) is 0 Å². The van der Waals surface area contributed by atoms with Gasteiger partial charge in [0.1, 0.15) is 23.3 Å². The fourth-order valence-corrected chi connectivity index (χ4v) is 1.82. The number of rotatable bonds is 4. The van der Waals surface area contributed by atoms with Crippen LogP contribution in [0.2, 0.25) is 0 Å². The summed E-state index contributed by atoms with van der Waals surface area (Å²) in [5, 5.41) is 3.37. The summed E-state index contributed by atoms with van der Waals surface area (Å²) in [7, 11) is 0. The maximum absolute atomic E-state index is 5.65. The molecule has 0 fully saturated rings. The molecule has 2 heterocycles. The normalized spacial score (nSPS) is 12.9. The van der Waals surface area contributed by atoms with E-state index in [0.717, 1.165) is 29.4 Å². The highest BCUT2D eigenvalue weighted by molar-refractivity contribution is 5.26. The summed E-state index contributed by atoms with van der Waals surface area (Å²) in [5.74, 6) is 2.75. The second kappa shape index (κ2) is 4.58. The van der Waals surface area contributed by atoms with Crippen LogP contribution in [0.25, 0.3) is 0 Å².